The number of anilines is 1. The molecule has 1 aromatic carbocycles. The lowest BCUT2D eigenvalue weighted by molar-refractivity contribution is -0.117. The molecule has 2 amide bonds. The van der Waals surface area contributed by atoms with Gasteiger partial charge in [-0.15, -0.1) is 0 Å². The van der Waals surface area contributed by atoms with Gasteiger partial charge in [-0.25, -0.2) is 0 Å². The lowest BCUT2D eigenvalue weighted by Gasteiger charge is -2.21. The molecule has 1 heterocycles. The summed E-state index contributed by atoms with van der Waals surface area (Å²) in [5.74, 6) is 0.639. The average Bonchev–Trinajstić information content (AvgIpc) is 3.42. The molecule has 1 fully saturated rings. The predicted molar refractivity (Wildman–Crippen MR) is 104 cm³/mol. The zero-order valence-corrected chi connectivity index (χ0v) is 16.0. The van der Waals surface area contributed by atoms with Gasteiger partial charge in [0.15, 0.2) is 5.82 Å². The lowest BCUT2D eigenvalue weighted by atomic mass is 10.0. The number of carbonyl (C=O) groups is 2. The summed E-state index contributed by atoms with van der Waals surface area (Å²) >= 11 is 0. The standard InChI is InChI=1S/C21H27N3O3/c1-3-4-5-6-16-7-9-17(10-8-16)21(26)24(18-11-12-18)14-20(25)22-19-13-15(2)27-23-19/h7-10,13,18H,3-6,11-12,14H2,1-2H3,(H,22,23,25). The van der Waals surface area contributed by atoms with Gasteiger partial charge in [-0.1, -0.05) is 37.1 Å². The highest BCUT2D eigenvalue weighted by Gasteiger charge is 2.34. The molecule has 1 aliphatic carbocycles. The number of benzene rings is 1. The number of nitrogens with zero attached hydrogens (tertiary/aromatic N) is 2. The molecule has 3 rings (SSSR count). The fraction of sp³-hybridized carbons (Fsp3) is 0.476. The van der Waals surface area contributed by atoms with E-state index in [4.69, 9.17) is 4.52 Å². The molecule has 1 aliphatic rings. The first-order valence-corrected chi connectivity index (χ1v) is 9.70. The lowest BCUT2D eigenvalue weighted by Crippen LogP contribution is -2.39. The fourth-order valence-electron chi connectivity index (χ4n) is 3.07. The highest BCUT2D eigenvalue weighted by molar-refractivity contribution is 5.99. The number of nitrogens with one attached hydrogen (secondary N) is 1. The second-order valence-corrected chi connectivity index (χ2v) is 7.19. The Morgan fingerprint density at radius 2 is 1.96 bits per heavy atom. The van der Waals surface area contributed by atoms with Crippen molar-refractivity contribution in [1.82, 2.24) is 10.1 Å². The van der Waals surface area contributed by atoms with Crippen LogP contribution in [0.5, 0.6) is 0 Å². The van der Waals surface area contributed by atoms with Crippen molar-refractivity contribution in [2.24, 2.45) is 0 Å². The molecule has 1 saturated carbocycles. The van der Waals surface area contributed by atoms with Gasteiger partial charge in [-0.2, -0.15) is 0 Å². The van der Waals surface area contributed by atoms with Crippen LogP contribution in [0.1, 0.15) is 60.7 Å². The van der Waals surface area contributed by atoms with E-state index < -0.39 is 0 Å². The third-order valence-electron chi connectivity index (χ3n) is 4.73. The van der Waals surface area contributed by atoms with E-state index in [0.717, 1.165) is 19.3 Å². The van der Waals surface area contributed by atoms with Crippen LogP contribution < -0.4 is 5.32 Å². The Hall–Kier alpha value is -2.63. The van der Waals surface area contributed by atoms with Gasteiger partial charge in [0.1, 0.15) is 12.3 Å². The molecular formula is C21H27N3O3. The molecule has 0 atom stereocenters. The van der Waals surface area contributed by atoms with Gasteiger partial charge in [-0.05, 0) is 50.3 Å². The van der Waals surface area contributed by atoms with E-state index in [-0.39, 0.29) is 24.4 Å². The summed E-state index contributed by atoms with van der Waals surface area (Å²) in [6, 6.07) is 9.58. The molecule has 0 aliphatic heterocycles. The number of hydrogen-bond acceptors (Lipinski definition) is 4. The molecule has 0 unspecified atom stereocenters. The van der Waals surface area contributed by atoms with E-state index in [2.05, 4.69) is 17.4 Å². The van der Waals surface area contributed by atoms with Gasteiger partial charge in [0, 0.05) is 17.7 Å². The maximum absolute atomic E-state index is 12.9. The van der Waals surface area contributed by atoms with Crippen LogP contribution in [-0.2, 0) is 11.2 Å². The Balaban J connectivity index is 1.60. The molecule has 6 heteroatoms. The summed E-state index contributed by atoms with van der Waals surface area (Å²) in [5, 5.41) is 6.44. The SMILES string of the molecule is CCCCCc1ccc(C(=O)N(CC(=O)Nc2cc(C)on2)C2CC2)cc1. The van der Waals surface area contributed by atoms with Gasteiger partial charge < -0.3 is 14.7 Å². The van der Waals surface area contributed by atoms with Gasteiger partial charge >= 0.3 is 0 Å². The Kier molecular flexibility index (Phi) is 6.27. The van der Waals surface area contributed by atoms with Crippen molar-refractivity contribution >= 4 is 17.6 Å². The van der Waals surface area contributed by atoms with Crippen LogP contribution in [0.25, 0.3) is 0 Å². The number of aromatic nitrogens is 1. The first-order valence-electron chi connectivity index (χ1n) is 9.70. The number of amides is 2. The van der Waals surface area contributed by atoms with Gasteiger partial charge in [0.2, 0.25) is 5.91 Å². The van der Waals surface area contributed by atoms with E-state index in [1.54, 1.807) is 17.9 Å². The number of rotatable bonds is 9. The molecule has 6 nitrogen and oxygen atoms in total. The van der Waals surface area contributed by atoms with Crippen LogP contribution in [0.4, 0.5) is 5.82 Å². The van der Waals surface area contributed by atoms with Crippen molar-refractivity contribution in [1.29, 1.82) is 0 Å². The zero-order chi connectivity index (χ0) is 19.2. The number of carbonyl (C=O) groups excluding carboxylic acids is 2. The van der Waals surface area contributed by atoms with Gasteiger partial charge in [0.05, 0.1) is 0 Å². The minimum atomic E-state index is -0.264. The Morgan fingerprint density at radius 1 is 1.22 bits per heavy atom. The van der Waals surface area contributed by atoms with Crippen molar-refractivity contribution in [2.75, 3.05) is 11.9 Å². The molecule has 144 valence electrons. The molecule has 2 aromatic rings. The van der Waals surface area contributed by atoms with Crippen molar-refractivity contribution in [3.8, 4) is 0 Å². The molecule has 0 spiro atoms. The maximum atomic E-state index is 12.9. The van der Waals surface area contributed by atoms with Crippen LogP contribution in [-0.4, -0.2) is 34.5 Å². The van der Waals surface area contributed by atoms with E-state index in [1.165, 1.54) is 24.8 Å². The molecular weight excluding hydrogens is 342 g/mol. The van der Waals surface area contributed by atoms with E-state index >= 15 is 0 Å². The highest BCUT2D eigenvalue weighted by atomic mass is 16.5. The first-order chi connectivity index (χ1) is 13.1. The smallest absolute Gasteiger partial charge is 0.254 e. The van der Waals surface area contributed by atoms with Crippen LogP contribution in [0.15, 0.2) is 34.9 Å². The van der Waals surface area contributed by atoms with Crippen molar-refractivity contribution in [2.45, 2.75) is 58.4 Å². The third-order valence-corrected chi connectivity index (χ3v) is 4.73. The number of unbranched alkanes of at least 4 members (excludes halogenated alkanes) is 2. The summed E-state index contributed by atoms with van der Waals surface area (Å²) < 4.78 is 4.95. The minimum Gasteiger partial charge on any atom is -0.360 e. The van der Waals surface area contributed by atoms with Crippen molar-refractivity contribution in [3.63, 3.8) is 0 Å². The summed E-state index contributed by atoms with van der Waals surface area (Å²) in [5.41, 5.74) is 1.88. The molecule has 1 aromatic heterocycles. The topological polar surface area (TPSA) is 75.4 Å². The third kappa shape index (κ3) is 5.42. The Morgan fingerprint density at radius 3 is 2.56 bits per heavy atom. The Labute approximate surface area is 159 Å². The molecule has 1 N–H and O–H groups in total. The quantitative estimate of drug-likeness (QED) is 0.679. The summed E-state index contributed by atoms with van der Waals surface area (Å²) in [6.45, 7) is 3.97. The van der Waals surface area contributed by atoms with Crippen molar-refractivity contribution in [3.05, 3.63) is 47.2 Å². The number of hydrogen-bond donors (Lipinski definition) is 1. The largest absolute Gasteiger partial charge is 0.360 e. The Bertz CT molecular complexity index is 778. The minimum absolute atomic E-state index is 0.0215. The van der Waals surface area contributed by atoms with Crippen LogP contribution >= 0.6 is 0 Å². The predicted octanol–water partition coefficient (Wildman–Crippen LogP) is 3.96. The normalized spacial score (nSPS) is 13.4. The van der Waals surface area contributed by atoms with E-state index in [9.17, 15) is 9.59 Å². The maximum Gasteiger partial charge on any atom is 0.254 e. The molecule has 0 bridgehead atoms. The van der Waals surface area contributed by atoms with E-state index in [0.29, 0.717) is 17.1 Å². The summed E-state index contributed by atoms with van der Waals surface area (Å²) in [7, 11) is 0. The molecule has 27 heavy (non-hydrogen) atoms. The number of aryl methyl sites for hydroxylation is 2. The summed E-state index contributed by atoms with van der Waals surface area (Å²) in [6.07, 6.45) is 6.50. The van der Waals surface area contributed by atoms with Gasteiger partial charge in [0.25, 0.3) is 5.91 Å². The zero-order valence-electron chi connectivity index (χ0n) is 16.0. The monoisotopic (exact) mass is 369 g/mol. The molecule has 0 saturated heterocycles. The van der Waals surface area contributed by atoms with Crippen LogP contribution in [0, 0.1) is 6.92 Å². The van der Waals surface area contributed by atoms with Crippen molar-refractivity contribution < 1.29 is 14.1 Å². The van der Waals surface area contributed by atoms with Crippen LogP contribution in [0.3, 0.4) is 0 Å². The second kappa shape index (κ2) is 8.84. The van der Waals surface area contributed by atoms with Gasteiger partial charge in [-0.3, -0.25) is 9.59 Å². The average molecular weight is 369 g/mol. The first kappa shape index (κ1) is 19.1. The van der Waals surface area contributed by atoms with Crippen LogP contribution in [0.2, 0.25) is 0 Å². The molecule has 0 radical (unpaired) electrons. The summed E-state index contributed by atoms with van der Waals surface area (Å²) in [4.78, 5) is 26.9. The second-order valence-electron chi connectivity index (χ2n) is 7.19. The van der Waals surface area contributed by atoms with E-state index in [1.807, 2.05) is 24.3 Å². The highest BCUT2D eigenvalue weighted by Crippen LogP contribution is 2.28. The fourth-order valence-corrected chi connectivity index (χ4v) is 3.07.